The summed E-state index contributed by atoms with van der Waals surface area (Å²) < 4.78 is 6.07. The van der Waals surface area contributed by atoms with Crippen molar-refractivity contribution in [3.05, 3.63) is 35.6 Å². The lowest BCUT2D eigenvalue weighted by Crippen LogP contribution is -2.29. The fraction of sp³-hybridized carbons (Fsp3) is 0.529. The van der Waals surface area contributed by atoms with Crippen molar-refractivity contribution in [3.8, 4) is 0 Å². The molecule has 0 amide bonds. The molecule has 2 aromatic rings. The second-order valence-electron chi connectivity index (χ2n) is 5.72. The minimum Gasteiger partial charge on any atom is -0.459 e. The van der Waals surface area contributed by atoms with Crippen molar-refractivity contribution in [1.82, 2.24) is 5.32 Å². The number of furan rings is 1. The van der Waals surface area contributed by atoms with Crippen molar-refractivity contribution in [2.24, 2.45) is 5.92 Å². The molecule has 1 aromatic heterocycles. The maximum absolute atomic E-state index is 6.07. The van der Waals surface area contributed by atoms with Gasteiger partial charge in [-0.15, -0.1) is 0 Å². The molecule has 1 unspecified atom stereocenters. The molecule has 102 valence electrons. The highest BCUT2D eigenvalue weighted by atomic mass is 16.3. The second kappa shape index (κ2) is 5.38. The molecule has 0 aliphatic heterocycles. The van der Waals surface area contributed by atoms with Gasteiger partial charge in [-0.1, -0.05) is 31.5 Å². The molecular formula is C17H23NO. The molecule has 1 heterocycles. The van der Waals surface area contributed by atoms with E-state index >= 15 is 0 Å². The molecular weight excluding hydrogens is 234 g/mol. The molecule has 0 radical (unpaired) electrons. The quantitative estimate of drug-likeness (QED) is 0.856. The van der Waals surface area contributed by atoms with E-state index in [1.165, 1.54) is 30.2 Å². The van der Waals surface area contributed by atoms with E-state index in [9.17, 15) is 0 Å². The first-order valence-corrected chi connectivity index (χ1v) is 7.53. The topological polar surface area (TPSA) is 25.2 Å². The van der Waals surface area contributed by atoms with Gasteiger partial charge in [0.15, 0.2) is 0 Å². The summed E-state index contributed by atoms with van der Waals surface area (Å²) in [5.74, 6) is 2.01. The highest BCUT2D eigenvalue weighted by molar-refractivity contribution is 5.82. The molecule has 3 rings (SSSR count). The van der Waals surface area contributed by atoms with Crippen LogP contribution in [-0.2, 0) is 6.42 Å². The van der Waals surface area contributed by atoms with Crippen LogP contribution in [0.1, 0.15) is 50.5 Å². The molecule has 1 aliphatic rings. The Morgan fingerprint density at radius 3 is 2.79 bits per heavy atom. The summed E-state index contributed by atoms with van der Waals surface area (Å²) in [7, 11) is 0. The normalized spacial score (nSPS) is 17.6. The van der Waals surface area contributed by atoms with Crippen molar-refractivity contribution in [1.29, 1.82) is 0 Å². The molecule has 2 nitrogen and oxygen atoms in total. The molecule has 0 saturated heterocycles. The van der Waals surface area contributed by atoms with Gasteiger partial charge in [-0.3, -0.25) is 0 Å². The van der Waals surface area contributed by atoms with Gasteiger partial charge in [-0.05, 0) is 44.7 Å². The predicted octanol–water partition coefficient (Wildman–Crippen LogP) is 4.45. The number of hydrogen-bond donors (Lipinski definition) is 1. The van der Waals surface area contributed by atoms with Gasteiger partial charge in [0, 0.05) is 10.9 Å². The van der Waals surface area contributed by atoms with Crippen molar-refractivity contribution < 1.29 is 4.42 Å². The van der Waals surface area contributed by atoms with Crippen LogP contribution in [0.5, 0.6) is 0 Å². The van der Waals surface area contributed by atoms with Crippen LogP contribution in [0.3, 0.4) is 0 Å². The third-order valence-electron chi connectivity index (χ3n) is 4.41. The second-order valence-corrected chi connectivity index (χ2v) is 5.72. The van der Waals surface area contributed by atoms with Crippen LogP contribution in [0.4, 0.5) is 0 Å². The number of para-hydroxylation sites is 1. The van der Waals surface area contributed by atoms with Gasteiger partial charge in [-0.25, -0.2) is 0 Å². The fourth-order valence-corrected chi connectivity index (χ4v) is 2.97. The fourth-order valence-electron chi connectivity index (χ4n) is 2.97. The summed E-state index contributed by atoms with van der Waals surface area (Å²) >= 11 is 0. The van der Waals surface area contributed by atoms with Crippen LogP contribution in [0.2, 0.25) is 0 Å². The van der Waals surface area contributed by atoms with Crippen molar-refractivity contribution >= 4 is 11.0 Å². The molecule has 1 saturated carbocycles. The first kappa shape index (κ1) is 12.7. The lowest BCUT2D eigenvalue weighted by atomic mass is 9.85. The molecule has 1 atom stereocenters. The van der Waals surface area contributed by atoms with E-state index in [-0.39, 0.29) is 0 Å². The standard InChI is InChI=1S/C17H23NO/c1-3-14-15-9-4-5-10-16(15)19-17(14)12(2)18-11-13-7-6-8-13/h4-5,9-10,12-13,18H,3,6-8,11H2,1-2H3. The van der Waals surface area contributed by atoms with E-state index < -0.39 is 0 Å². The van der Waals surface area contributed by atoms with E-state index in [4.69, 9.17) is 4.42 Å². The number of fused-ring (bicyclic) bond motifs is 1. The van der Waals surface area contributed by atoms with Gasteiger partial charge in [0.05, 0.1) is 6.04 Å². The Morgan fingerprint density at radius 2 is 2.11 bits per heavy atom. The van der Waals surface area contributed by atoms with Gasteiger partial charge in [0.1, 0.15) is 11.3 Å². The third-order valence-corrected chi connectivity index (χ3v) is 4.41. The number of nitrogens with one attached hydrogen (secondary N) is 1. The molecule has 0 spiro atoms. The van der Waals surface area contributed by atoms with Gasteiger partial charge in [-0.2, -0.15) is 0 Å². The number of rotatable bonds is 5. The summed E-state index contributed by atoms with van der Waals surface area (Å²) in [6.07, 6.45) is 5.22. The lowest BCUT2D eigenvalue weighted by molar-refractivity contribution is 0.285. The van der Waals surface area contributed by atoms with E-state index in [0.717, 1.165) is 30.2 Å². The minimum atomic E-state index is 0.308. The van der Waals surface area contributed by atoms with Crippen molar-refractivity contribution in [2.45, 2.75) is 45.6 Å². The summed E-state index contributed by atoms with van der Waals surface area (Å²) in [5.41, 5.74) is 2.39. The SMILES string of the molecule is CCc1c(C(C)NCC2CCC2)oc2ccccc12. The Morgan fingerprint density at radius 1 is 1.32 bits per heavy atom. The molecule has 1 N–H and O–H groups in total. The Bertz CT molecular complexity index is 553. The van der Waals surface area contributed by atoms with Gasteiger partial charge in [0.2, 0.25) is 0 Å². The monoisotopic (exact) mass is 257 g/mol. The Balaban J connectivity index is 1.81. The lowest BCUT2D eigenvalue weighted by Gasteiger charge is -2.27. The average Bonchev–Trinajstić information content (AvgIpc) is 2.75. The van der Waals surface area contributed by atoms with Gasteiger partial charge in [0.25, 0.3) is 0 Å². The van der Waals surface area contributed by atoms with Crippen LogP contribution in [0, 0.1) is 5.92 Å². The maximum Gasteiger partial charge on any atom is 0.134 e. The number of benzene rings is 1. The number of hydrogen-bond acceptors (Lipinski definition) is 2. The molecule has 1 aliphatic carbocycles. The largest absolute Gasteiger partial charge is 0.459 e. The summed E-state index contributed by atoms with van der Waals surface area (Å²) in [4.78, 5) is 0. The third kappa shape index (κ3) is 2.42. The van der Waals surface area contributed by atoms with E-state index in [1.807, 2.05) is 6.07 Å². The molecule has 1 fully saturated rings. The Labute approximate surface area is 115 Å². The smallest absolute Gasteiger partial charge is 0.134 e. The van der Waals surface area contributed by atoms with Crippen LogP contribution in [0.25, 0.3) is 11.0 Å². The van der Waals surface area contributed by atoms with Gasteiger partial charge >= 0.3 is 0 Å². The highest BCUT2D eigenvalue weighted by Crippen LogP contribution is 2.31. The summed E-state index contributed by atoms with van der Waals surface area (Å²) in [6, 6.07) is 8.67. The van der Waals surface area contributed by atoms with Crippen molar-refractivity contribution in [2.75, 3.05) is 6.54 Å². The Kier molecular flexibility index (Phi) is 3.61. The first-order chi connectivity index (χ1) is 9.29. The molecule has 0 bridgehead atoms. The predicted molar refractivity (Wildman–Crippen MR) is 79.4 cm³/mol. The zero-order chi connectivity index (χ0) is 13.2. The zero-order valence-corrected chi connectivity index (χ0v) is 11.9. The van der Waals surface area contributed by atoms with E-state index in [0.29, 0.717) is 6.04 Å². The van der Waals surface area contributed by atoms with Crippen molar-refractivity contribution in [3.63, 3.8) is 0 Å². The van der Waals surface area contributed by atoms with E-state index in [2.05, 4.69) is 37.4 Å². The van der Waals surface area contributed by atoms with E-state index in [1.54, 1.807) is 0 Å². The number of aryl methyl sites for hydroxylation is 1. The molecule has 2 heteroatoms. The van der Waals surface area contributed by atoms with Crippen LogP contribution >= 0.6 is 0 Å². The summed E-state index contributed by atoms with van der Waals surface area (Å²) in [5, 5.41) is 4.92. The first-order valence-electron chi connectivity index (χ1n) is 7.53. The van der Waals surface area contributed by atoms with Crippen LogP contribution in [-0.4, -0.2) is 6.54 Å². The molecule has 1 aromatic carbocycles. The maximum atomic E-state index is 6.07. The Hall–Kier alpha value is -1.28. The van der Waals surface area contributed by atoms with Crippen LogP contribution < -0.4 is 5.32 Å². The van der Waals surface area contributed by atoms with Crippen LogP contribution in [0.15, 0.2) is 28.7 Å². The molecule has 19 heavy (non-hydrogen) atoms. The summed E-state index contributed by atoms with van der Waals surface area (Å²) in [6.45, 7) is 5.55. The minimum absolute atomic E-state index is 0.308. The highest BCUT2D eigenvalue weighted by Gasteiger charge is 2.21. The zero-order valence-electron chi connectivity index (χ0n) is 11.9. The van der Waals surface area contributed by atoms with Gasteiger partial charge < -0.3 is 9.73 Å². The average molecular weight is 257 g/mol.